The van der Waals surface area contributed by atoms with Crippen molar-refractivity contribution in [2.24, 2.45) is 0 Å². The minimum atomic E-state index is 0.0354. The summed E-state index contributed by atoms with van der Waals surface area (Å²) in [5, 5.41) is 9.77. The standard InChI is InChI=1S/C14H19Cl2NO2/c1-17(7-3-2-4-8-18)14(19)9-11-5-6-12(15)10-13(11)16/h5-6,10,18H,2-4,7-9H2,1H3. The molecule has 0 aromatic heterocycles. The molecular formula is C14H19Cl2NO2. The predicted octanol–water partition coefficient (Wildman–Crippen LogP) is 3.16. The average Bonchev–Trinajstić information content (AvgIpc) is 2.37. The largest absolute Gasteiger partial charge is 0.396 e. The zero-order chi connectivity index (χ0) is 14.3. The Labute approximate surface area is 124 Å². The number of benzene rings is 1. The quantitative estimate of drug-likeness (QED) is 0.786. The van der Waals surface area contributed by atoms with Crippen molar-refractivity contribution >= 4 is 29.1 Å². The summed E-state index contributed by atoms with van der Waals surface area (Å²) in [6.45, 7) is 0.905. The maximum atomic E-state index is 12.0. The molecule has 0 unspecified atom stereocenters. The second-order valence-corrected chi connectivity index (χ2v) is 5.36. The van der Waals surface area contributed by atoms with Crippen LogP contribution >= 0.6 is 23.2 Å². The van der Waals surface area contributed by atoms with E-state index >= 15 is 0 Å². The van der Waals surface area contributed by atoms with E-state index in [4.69, 9.17) is 28.3 Å². The SMILES string of the molecule is CN(CCCCCO)C(=O)Cc1ccc(Cl)cc1Cl. The van der Waals surface area contributed by atoms with Gasteiger partial charge in [-0.05, 0) is 37.0 Å². The molecule has 5 heteroatoms. The van der Waals surface area contributed by atoms with Crippen molar-refractivity contribution in [2.45, 2.75) is 25.7 Å². The van der Waals surface area contributed by atoms with E-state index in [2.05, 4.69) is 0 Å². The van der Waals surface area contributed by atoms with E-state index in [9.17, 15) is 4.79 Å². The highest BCUT2D eigenvalue weighted by Crippen LogP contribution is 2.21. The minimum Gasteiger partial charge on any atom is -0.396 e. The number of carbonyl (C=O) groups excluding carboxylic acids is 1. The Morgan fingerprint density at radius 2 is 2.00 bits per heavy atom. The molecule has 0 fully saturated rings. The van der Waals surface area contributed by atoms with Crippen LogP contribution in [0.4, 0.5) is 0 Å². The van der Waals surface area contributed by atoms with Crippen LogP contribution in [0, 0.1) is 0 Å². The Morgan fingerprint density at radius 3 is 2.63 bits per heavy atom. The van der Waals surface area contributed by atoms with E-state index in [-0.39, 0.29) is 18.9 Å². The summed E-state index contributed by atoms with van der Waals surface area (Å²) in [6.07, 6.45) is 2.89. The van der Waals surface area contributed by atoms with E-state index in [1.165, 1.54) is 0 Å². The Bertz CT molecular complexity index is 424. The number of aliphatic hydroxyl groups is 1. The van der Waals surface area contributed by atoms with Crippen LogP contribution < -0.4 is 0 Å². The molecule has 0 aliphatic rings. The van der Waals surface area contributed by atoms with Gasteiger partial charge in [0.25, 0.3) is 0 Å². The summed E-state index contributed by atoms with van der Waals surface area (Å²) < 4.78 is 0. The number of amides is 1. The Balaban J connectivity index is 2.45. The van der Waals surface area contributed by atoms with E-state index < -0.39 is 0 Å². The van der Waals surface area contributed by atoms with Gasteiger partial charge in [-0.2, -0.15) is 0 Å². The van der Waals surface area contributed by atoms with Gasteiger partial charge >= 0.3 is 0 Å². The van der Waals surface area contributed by atoms with Crippen molar-refractivity contribution in [3.8, 4) is 0 Å². The van der Waals surface area contributed by atoms with E-state index in [0.29, 0.717) is 16.6 Å². The van der Waals surface area contributed by atoms with Gasteiger partial charge in [-0.15, -0.1) is 0 Å². The normalized spacial score (nSPS) is 10.5. The van der Waals surface area contributed by atoms with Crippen molar-refractivity contribution < 1.29 is 9.90 Å². The molecule has 1 amide bonds. The molecule has 106 valence electrons. The van der Waals surface area contributed by atoms with Crippen LogP contribution in [0.15, 0.2) is 18.2 Å². The highest BCUT2D eigenvalue weighted by Gasteiger charge is 2.11. The molecule has 0 atom stereocenters. The molecule has 0 spiro atoms. The molecule has 3 nitrogen and oxygen atoms in total. The topological polar surface area (TPSA) is 40.5 Å². The van der Waals surface area contributed by atoms with Crippen molar-refractivity contribution in [1.82, 2.24) is 4.90 Å². The van der Waals surface area contributed by atoms with Gasteiger partial charge in [0.15, 0.2) is 0 Å². The zero-order valence-corrected chi connectivity index (χ0v) is 12.5. The molecule has 1 aromatic carbocycles. The fourth-order valence-electron chi connectivity index (χ4n) is 1.73. The Morgan fingerprint density at radius 1 is 1.26 bits per heavy atom. The number of halogens is 2. The second kappa shape index (κ2) is 8.41. The van der Waals surface area contributed by atoms with Gasteiger partial charge in [0.05, 0.1) is 6.42 Å². The van der Waals surface area contributed by atoms with Crippen molar-refractivity contribution in [3.05, 3.63) is 33.8 Å². The number of carbonyl (C=O) groups is 1. The average molecular weight is 304 g/mol. The fourth-order valence-corrected chi connectivity index (χ4v) is 2.20. The predicted molar refractivity (Wildman–Crippen MR) is 78.7 cm³/mol. The first-order chi connectivity index (χ1) is 9.04. The fraction of sp³-hybridized carbons (Fsp3) is 0.500. The van der Waals surface area contributed by atoms with Crippen LogP contribution in [0.25, 0.3) is 0 Å². The lowest BCUT2D eigenvalue weighted by molar-refractivity contribution is -0.129. The summed E-state index contributed by atoms with van der Waals surface area (Å²) >= 11 is 11.9. The summed E-state index contributed by atoms with van der Waals surface area (Å²) in [4.78, 5) is 13.7. The minimum absolute atomic E-state index is 0.0354. The number of unbranched alkanes of at least 4 members (excludes halogenated alkanes) is 2. The number of likely N-dealkylation sites (N-methyl/N-ethyl adjacent to an activating group) is 1. The molecule has 0 saturated heterocycles. The van der Waals surface area contributed by atoms with E-state index in [0.717, 1.165) is 24.8 Å². The summed E-state index contributed by atoms with van der Waals surface area (Å²) in [5.74, 6) is 0.0354. The number of hydrogen-bond acceptors (Lipinski definition) is 2. The van der Waals surface area contributed by atoms with Gasteiger partial charge in [-0.1, -0.05) is 29.3 Å². The van der Waals surface area contributed by atoms with Gasteiger partial charge < -0.3 is 10.0 Å². The zero-order valence-electron chi connectivity index (χ0n) is 11.0. The number of nitrogens with zero attached hydrogens (tertiary/aromatic N) is 1. The number of rotatable bonds is 7. The van der Waals surface area contributed by atoms with Gasteiger partial charge in [-0.25, -0.2) is 0 Å². The van der Waals surface area contributed by atoms with Crippen LogP contribution in [-0.2, 0) is 11.2 Å². The Kier molecular flexibility index (Phi) is 7.21. The van der Waals surface area contributed by atoms with Gasteiger partial charge in [-0.3, -0.25) is 4.79 Å². The molecule has 1 N–H and O–H groups in total. The number of hydrogen-bond donors (Lipinski definition) is 1. The monoisotopic (exact) mass is 303 g/mol. The Hall–Kier alpha value is -0.770. The lowest BCUT2D eigenvalue weighted by Crippen LogP contribution is -2.29. The molecule has 1 rings (SSSR count). The first-order valence-corrected chi connectivity index (χ1v) is 7.09. The van der Waals surface area contributed by atoms with Gasteiger partial charge in [0, 0.05) is 30.2 Å². The molecule has 0 radical (unpaired) electrons. The van der Waals surface area contributed by atoms with Gasteiger partial charge in [0.2, 0.25) is 5.91 Å². The van der Waals surface area contributed by atoms with Crippen molar-refractivity contribution in [3.63, 3.8) is 0 Å². The molecule has 0 aliphatic heterocycles. The third-order valence-electron chi connectivity index (χ3n) is 2.93. The summed E-state index contributed by atoms with van der Waals surface area (Å²) in [5.41, 5.74) is 0.790. The van der Waals surface area contributed by atoms with Crippen molar-refractivity contribution in [1.29, 1.82) is 0 Å². The maximum absolute atomic E-state index is 12.0. The summed E-state index contributed by atoms with van der Waals surface area (Å²) in [7, 11) is 1.78. The van der Waals surface area contributed by atoms with Crippen LogP contribution in [-0.4, -0.2) is 36.1 Å². The lowest BCUT2D eigenvalue weighted by Gasteiger charge is -2.17. The molecule has 0 heterocycles. The highest BCUT2D eigenvalue weighted by atomic mass is 35.5. The van der Waals surface area contributed by atoms with E-state index in [1.54, 1.807) is 30.1 Å². The lowest BCUT2D eigenvalue weighted by atomic mass is 10.1. The smallest absolute Gasteiger partial charge is 0.226 e. The third kappa shape index (κ3) is 5.81. The number of aliphatic hydroxyl groups excluding tert-OH is 1. The molecular weight excluding hydrogens is 285 g/mol. The summed E-state index contributed by atoms with van der Waals surface area (Å²) in [6, 6.07) is 5.16. The molecule has 0 bridgehead atoms. The van der Waals surface area contributed by atoms with Crippen LogP contribution in [0.5, 0.6) is 0 Å². The van der Waals surface area contributed by atoms with Crippen LogP contribution in [0.3, 0.4) is 0 Å². The molecule has 0 saturated carbocycles. The van der Waals surface area contributed by atoms with Crippen molar-refractivity contribution in [2.75, 3.05) is 20.2 Å². The molecule has 1 aromatic rings. The first-order valence-electron chi connectivity index (χ1n) is 6.33. The first kappa shape index (κ1) is 16.3. The van der Waals surface area contributed by atoms with Crippen LogP contribution in [0.1, 0.15) is 24.8 Å². The highest BCUT2D eigenvalue weighted by molar-refractivity contribution is 6.35. The maximum Gasteiger partial charge on any atom is 0.226 e. The molecule has 0 aliphatic carbocycles. The second-order valence-electron chi connectivity index (χ2n) is 4.51. The third-order valence-corrected chi connectivity index (χ3v) is 3.52. The van der Waals surface area contributed by atoms with Crippen LogP contribution in [0.2, 0.25) is 10.0 Å². The van der Waals surface area contributed by atoms with Gasteiger partial charge in [0.1, 0.15) is 0 Å². The molecule has 19 heavy (non-hydrogen) atoms. The van der Waals surface area contributed by atoms with E-state index in [1.807, 2.05) is 0 Å².